The van der Waals surface area contributed by atoms with E-state index in [1.807, 2.05) is 13.0 Å². The topological polar surface area (TPSA) is 71.1 Å². The van der Waals surface area contributed by atoms with E-state index in [1.165, 1.54) is 6.92 Å². The van der Waals surface area contributed by atoms with Crippen molar-refractivity contribution in [3.8, 4) is 11.5 Å². The van der Waals surface area contributed by atoms with Gasteiger partial charge >= 0.3 is 5.97 Å². The van der Waals surface area contributed by atoms with Gasteiger partial charge in [0, 0.05) is 25.4 Å². The molecule has 1 aromatic rings. The number of rotatable bonds is 9. The van der Waals surface area contributed by atoms with Crippen LogP contribution in [0, 0.1) is 11.3 Å². The molecule has 1 aliphatic carbocycles. The van der Waals surface area contributed by atoms with Crippen molar-refractivity contribution in [2.75, 3.05) is 21.3 Å². The average Bonchev–Trinajstić information content (AvgIpc) is 2.72. The quantitative estimate of drug-likeness (QED) is 0.458. The van der Waals surface area contributed by atoms with Crippen LogP contribution in [0.25, 0.3) is 0 Å². The van der Waals surface area contributed by atoms with Gasteiger partial charge in [0.2, 0.25) is 0 Å². The molecule has 29 heavy (non-hydrogen) atoms. The maximum atomic E-state index is 13.1. The van der Waals surface area contributed by atoms with E-state index in [1.54, 1.807) is 51.7 Å². The van der Waals surface area contributed by atoms with Crippen LogP contribution in [0.15, 0.2) is 43.0 Å². The minimum absolute atomic E-state index is 0.0178. The lowest BCUT2D eigenvalue weighted by Crippen LogP contribution is -2.45. The minimum Gasteiger partial charge on any atom is -0.493 e. The minimum atomic E-state index is -0.801. The molecule has 1 aliphatic rings. The summed E-state index contributed by atoms with van der Waals surface area (Å²) in [7, 11) is 4.72. The largest absolute Gasteiger partial charge is 0.493 e. The van der Waals surface area contributed by atoms with E-state index < -0.39 is 17.5 Å². The highest BCUT2D eigenvalue weighted by Gasteiger charge is 2.48. The van der Waals surface area contributed by atoms with Gasteiger partial charge in [-0.25, -0.2) is 0 Å². The number of ether oxygens (including phenoxy) is 4. The fourth-order valence-electron chi connectivity index (χ4n) is 4.05. The summed E-state index contributed by atoms with van der Waals surface area (Å²) in [5.74, 6) is 0.320. The van der Waals surface area contributed by atoms with Crippen molar-refractivity contribution in [1.29, 1.82) is 0 Å². The number of ketones is 1. The molecule has 0 heterocycles. The molecule has 158 valence electrons. The van der Waals surface area contributed by atoms with E-state index >= 15 is 0 Å². The molecule has 1 aromatic carbocycles. The Morgan fingerprint density at radius 2 is 1.97 bits per heavy atom. The van der Waals surface area contributed by atoms with Crippen LogP contribution in [-0.4, -0.2) is 39.2 Å². The van der Waals surface area contributed by atoms with Crippen LogP contribution < -0.4 is 9.47 Å². The third kappa shape index (κ3) is 4.70. The summed E-state index contributed by atoms with van der Waals surface area (Å²) in [6.07, 6.45) is 5.16. The molecular formula is C23H30O6. The van der Waals surface area contributed by atoms with Gasteiger partial charge in [-0.05, 0) is 36.6 Å². The van der Waals surface area contributed by atoms with Gasteiger partial charge in [0.25, 0.3) is 0 Å². The standard InChI is InChI=1S/C23H30O6/c1-7-12-23(14-18(26-4)9-11-21(23)25)15(2)22(29-16(3)24)17-8-10-19(27-5)20(13-17)28-6/h7-11,13,15,18,22H,1,12,14H2,2-6H3/t15-,18+,22-,23-/m1/s1. The highest BCUT2D eigenvalue weighted by molar-refractivity contribution is 5.96. The van der Waals surface area contributed by atoms with Crippen LogP contribution in [0.5, 0.6) is 11.5 Å². The van der Waals surface area contributed by atoms with E-state index in [2.05, 4.69) is 6.58 Å². The van der Waals surface area contributed by atoms with Gasteiger partial charge in [-0.2, -0.15) is 0 Å². The second kappa shape index (κ2) is 9.74. The summed E-state index contributed by atoms with van der Waals surface area (Å²) in [4.78, 5) is 25.0. The highest BCUT2D eigenvalue weighted by Crippen LogP contribution is 2.48. The zero-order valence-corrected chi connectivity index (χ0v) is 17.8. The van der Waals surface area contributed by atoms with Crippen LogP contribution >= 0.6 is 0 Å². The molecule has 0 aliphatic heterocycles. The van der Waals surface area contributed by atoms with E-state index in [9.17, 15) is 9.59 Å². The normalized spacial score (nSPS) is 23.2. The van der Waals surface area contributed by atoms with Crippen molar-refractivity contribution in [2.24, 2.45) is 11.3 Å². The van der Waals surface area contributed by atoms with Gasteiger partial charge < -0.3 is 18.9 Å². The zero-order valence-electron chi connectivity index (χ0n) is 17.8. The molecule has 0 saturated heterocycles. The number of hydrogen-bond donors (Lipinski definition) is 0. The molecule has 6 heteroatoms. The Bertz CT molecular complexity index is 784. The molecular weight excluding hydrogens is 372 g/mol. The van der Waals surface area contributed by atoms with Crippen molar-refractivity contribution in [1.82, 2.24) is 0 Å². The predicted octanol–water partition coefficient (Wildman–Crippen LogP) is 4.05. The first-order chi connectivity index (χ1) is 13.8. The highest BCUT2D eigenvalue weighted by atomic mass is 16.5. The zero-order chi connectivity index (χ0) is 21.6. The first-order valence-corrected chi connectivity index (χ1v) is 9.58. The Hall–Kier alpha value is -2.60. The Morgan fingerprint density at radius 1 is 1.28 bits per heavy atom. The summed E-state index contributed by atoms with van der Waals surface area (Å²) in [6.45, 7) is 7.14. The maximum Gasteiger partial charge on any atom is 0.303 e. The third-order valence-corrected chi connectivity index (χ3v) is 5.68. The molecule has 0 bridgehead atoms. The smallest absolute Gasteiger partial charge is 0.303 e. The first-order valence-electron chi connectivity index (χ1n) is 9.58. The van der Waals surface area contributed by atoms with Gasteiger partial charge in [-0.15, -0.1) is 6.58 Å². The van der Waals surface area contributed by atoms with Gasteiger partial charge in [0.05, 0.1) is 20.3 Å². The fraction of sp³-hybridized carbons (Fsp3) is 0.478. The molecule has 0 radical (unpaired) electrons. The molecule has 0 fully saturated rings. The lowest BCUT2D eigenvalue weighted by atomic mass is 9.62. The summed E-state index contributed by atoms with van der Waals surface area (Å²) in [5.41, 5.74) is -0.0742. The average molecular weight is 402 g/mol. The van der Waals surface area contributed by atoms with Crippen LogP contribution in [0.4, 0.5) is 0 Å². The number of methoxy groups -OCH3 is 3. The number of carbonyl (C=O) groups excluding carboxylic acids is 2. The maximum absolute atomic E-state index is 13.1. The second-order valence-corrected chi connectivity index (χ2v) is 7.28. The van der Waals surface area contributed by atoms with Gasteiger partial charge in [-0.3, -0.25) is 9.59 Å². The summed E-state index contributed by atoms with van der Waals surface area (Å²) in [6, 6.07) is 5.36. The van der Waals surface area contributed by atoms with E-state index in [-0.39, 0.29) is 17.8 Å². The molecule has 6 nitrogen and oxygen atoms in total. The summed E-state index contributed by atoms with van der Waals surface area (Å²) < 4.78 is 21.9. The molecule has 0 aromatic heterocycles. The lowest BCUT2D eigenvalue weighted by molar-refractivity contribution is -0.156. The van der Waals surface area contributed by atoms with Crippen LogP contribution in [-0.2, 0) is 19.1 Å². The van der Waals surface area contributed by atoms with E-state index in [0.717, 1.165) is 5.56 Å². The SMILES string of the molecule is C=CC[C@]1([C@H](C)[C@@H](OC(C)=O)c2ccc(OC)c(OC)c2)C[C@@H](OC)C=CC1=O. The Balaban J connectivity index is 2.55. The van der Waals surface area contributed by atoms with Crippen molar-refractivity contribution in [3.63, 3.8) is 0 Å². The molecule has 0 unspecified atom stereocenters. The van der Waals surface area contributed by atoms with E-state index in [4.69, 9.17) is 18.9 Å². The van der Waals surface area contributed by atoms with E-state index in [0.29, 0.717) is 24.3 Å². The first kappa shape index (κ1) is 22.7. The van der Waals surface area contributed by atoms with Crippen molar-refractivity contribution < 1.29 is 28.5 Å². The molecule has 2 rings (SSSR count). The van der Waals surface area contributed by atoms with Crippen LogP contribution in [0.1, 0.15) is 38.4 Å². The van der Waals surface area contributed by atoms with Crippen LogP contribution in [0.3, 0.4) is 0 Å². The van der Waals surface area contributed by atoms with Gasteiger partial charge in [0.1, 0.15) is 6.10 Å². The molecule has 0 spiro atoms. The van der Waals surface area contributed by atoms with Gasteiger partial charge in [-0.1, -0.05) is 25.1 Å². The molecule has 0 amide bonds. The molecule has 0 N–H and O–H groups in total. The molecule has 4 atom stereocenters. The Kier molecular flexibility index (Phi) is 7.62. The number of benzene rings is 1. The Morgan fingerprint density at radius 3 is 2.52 bits per heavy atom. The van der Waals surface area contributed by atoms with Gasteiger partial charge in [0.15, 0.2) is 17.3 Å². The Labute approximate surface area is 172 Å². The monoisotopic (exact) mass is 402 g/mol. The van der Waals surface area contributed by atoms with Crippen molar-refractivity contribution >= 4 is 11.8 Å². The third-order valence-electron chi connectivity index (χ3n) is 5.68. The van der Waals surface area contributed by atoms with Crippen LogP contribution in [0.2, 0.25) is 0 Å². The van der Waals surface area contributed by atoms with Crippen molar-refractivity contribution in [3.05, 3.63) is 48.6 Å². The van der Waals surface area contributed by atoms with Crippen molar-refractivity contribution in [2.45, 2.75) is 38.9 Å². The number of carbonyl (C=O) groups is 2. The molecule has 0 saturated carbocycles. The summed E-state index contributed by atoms with van der Waals surface area (Å²) >= 11 is 0. The summed E-state index contributed by atoms with van der Waals surface area (Å²) in [5, 5.41) is 0. The fourth-order valence-corrected chi connectivity index (χ4v) is 4.05. The predicted molar refractivity (Wildman–Crippen MR) is 110 cm³/mol. The number of hydrogen-bond acceptors (Lipinski definition) is 6. The lowest BCUT2D eigenvalue weighted by Gasteiger charge is -2.43. The number of esters is 1. The number of allylic oxidation sites excluding steroid dienone is 2. The second-order valence-electron chi connectivity index (χ2n) is 7.28.